The number of fused-ring (bicyclic) bond motifs is 1. The van der Waals surface area contributed by atoms with Crippen LogP contribution in [0, 0.1) is 0 Å². The van der Waals surface area contributed by atoms with E-state index in [0.29, 0.717) is 19.5 Å². The second-order valence-electron chi connectivity index (χ2n) is 5.08. The number of methoxy groups -OCH3 is 2. The highest BCUT2D eigenvalue weighted by Gasteiger charge is 2.23. The molecule has 1 heterocycles. The molecular formula is C18H23NO3S. The molecule has 0 fully saturated rings. The SMILES string of the molecule is C=CCc1c(C(=O)N(CC)CC)sc2cc(OC)cc(OC)c12. The van der Waals surface area contributed by atoms with Crippen LogP contribution in [0.1, 0.15) is 29.1 Å². The van der Waals surface area contributed by atoms with Crippen LogP contribution in [0.3, 0.4) is 0 Å². The lowest BCUT2D eigenvalue weighted by atomic mass is 10.1. The smallest absolute Gasteiger partial charge is 0.264 e. The fraction of sp³-hybridized carbons (Fsp3) is 0.389. The Morgan fingerprint density at radius 3 is 2.48 bits per heavy atom. The molecule has 0 aliphatic rings. The summed E-state index contributed by atoms with van der Waals surface area (Å²) in [6, 6.07) is 3.81. The van der Waals surface area contributed by atoms with Crippen LogP contribution >= 0.6 is 11.3 Å². The highest BCUT2D eigenvalue weighted by atomic mass is 32.1. The maximum atomic E-state index is 12.9. The van der Waals surface area contributed by atoms with Crippen LogP contribution in [0.25, 0.3) is 10.1 Å². The van der Waals surface area contributed by atoms with Gasteiger partial charge in [0.2, 0.25) is 0 Å². The predicted octanol–water partition coefficient (Wildman–Crippen LogP) is 4.13. The van der Waals surface area contributed by atoms with E-state index in [4.69, 9.17) is 9.47 Å². The van der Waals surface area contributed by atoms with Gasteiger partial charge in [-0.3, -0.25) is 4.79 Å². The molecule has 1 amide bonds. The first-order chi connectivity index (χ1) is 11.1. The number of ether oxygens (including phenoxy) is 2. The molecular weight excluding hydrogens is 310 g/mol. The summed E-state index contributed by atoms with van der Waals surface area (Å²) in [6.45, 7) is 9.20. The Morgan fingerprint density at radius 2 is 1.96 bits per heavy atom. The van der Waals surface area contributed by atoms with Crippen molar-refractivity contribution < 1.29 is 14.3 Å². The summed E-state index contributed by atoms with van der Waals surface area (Å²) in [5, 5.41) is 0.980. The van der Waals surface area contributed by atoms with Crippen molar-refractivity contribution in [2.45, 2.75) is 20.3 Å². The zero-order valence-corrected chi connectivity index (χ0v) is 15.0. The maximum Gasteiger partial charge on any atom is 0.264 e. The lowest BCUT2D eigenvalue weighted by Crippen LogP contribution is -2.30. The van der Waals surface area contributed by atoms with Gasteiger partial charge in [0.25, 0.3) is 5.91 Å². The van der Waals surface area contributed by atoms with Crippen molar-refractivity contribution in [2.24, 2.45) is 0 Å². The summed E-state index contributed by atoms with van der Waals surface area (Å²) >= 11 is 1.49. The van der Waals surface area contributed by atoms with Crippen molar-refractivity contribution in [3.63, 3.8) is 0 Å². The van der Waals surface area contributed by atoms with Crippen molar-refractivity contribution >= 4 is 27.3 Å². The van der Waals surface area contributed by atoms with Crippen molar-refractivity contribution in [1.82, 2.24) is 4.90 Å². The highest BCUT2D eigenvalue weighted by Crippen LogP contribution is 2.41. The number of hydrogen-bond acceptors (Lipinski definition) is 4. The Labute approximate surface area is 141 Å². The standard InChI is InChI=1S/C18H23NO3S/c1-6-9-13-16-14(22-5)10-12(21-4)11-15(16)23-17(13)18(20)19(7-2)8-3/h6,10-11H,1,7-9H2,2-5H3. The number of benzene rings is 1. The minimum absolute atomic E-state index is 0.0640. The summed E-state index contributed by atoms with van der Waals surface area (Å²) in [5.41, 5.74) is 0.983. The summed E-state index contributed by atoms with van der Waals surface area (Å²) in [7, 11) is 3.26. The van der Waals surface area contributed by atoms with Gasteiger partial charge in [-0.2, -0.15) is 0 Å². The van der Waals surface area contributed by atoms with Gasteiger partial charge >= 0.3 is 0 Å². The maximum absolute atomic E-state index is 12.9. The first-order valence-corrected chi connectivity index (χ1v) is 8.50. The first kappa shape index (κ1) is 17.3. The van der Waals surface area contributed by atoms with Gasteiger partial charge in [-0.15, -0.1) is 17.9 Å². The van der Waals surface area contributed by atoms with Crippen molar-refractivity contribution in [3.05, 3.63) is 35.2 Å². The lowest BCUT2D eigenvalue weighted by molar-refractivity contribution is 0.0777. The average Bonchev–Trinajstić information content (AvgIpc) is 2.93. The molecule has 0 radical (unpaired) electrons. The van der Waals surface area contributed by atoms with Crippen molar-refractivity contribution in [1.29, 1.82) is 0 Å². The number of rotatable bonds is 7. The molecule has 1 aromatic heterocycles. The van der Waals surface area contributed by atoms with E-state index in [9.17, 15) is 4.79 Å². The number of hydrogen-bond donors (Lipinski definition) is 0. The van der Waals surface area contributed by atoms with Crippen LogP contribution in [0.2, 0.25) is 0 Å². The Hall–Kier alpha value is -2.01. The molecule has 23 heavy (non-hydrogen) atoms. The van der Waals surface area contributed by atoms with Crippen LogP contribution in [-0.2, 0) is 6.42 Å². The second-order valence-corrected chi connectivity index (χ2v) is 6.13. The number of carbonyl (C=O) groups excluding carboxylic acids is 1. The topological polar surface area (TPSA) is 38.8 Å². The fourth-order valence-electron chi connectivity index (χ4n) is 2.67. The van der Waals surface area contributed by atoms with E-state index >= 15 is 0 Å². The molecule has 0 saturated heterocycles. The monoisotopic (exact) mass is 333 g/mol. The van der Waals surface area contributed by atoms with E-state index in [1.165, 1.54) is 11.3 Å². The third-order valence-electron chi connectivity index (χ3n) is 3.88. The molecule has 0 saturated carbocycles. The molecule has 2 rings (SSSR count). The molecule has 2 aromatic rings. The van der Waals surface area contributed by atoms with E-state index in [-0.39, 0.29) is 5.91 Å². The zero-order valence-electron chi connectivity index (χ0n) is 14.1. The molecule has 0 N–H and O–H groups in total. The van der Waals surface area contributed by atoms with Gasteiger partial charge in [-0.05, 0) is 31.9 Å². The van der Waals surface area contributed by atoms with Gasteiger partial charge in [0.15, 0.2) is 0 Å². The minimum atomic E-state index is 0.0640. The first-order valence-electron chi connectivity index (χ1n) is 7.68. The summed E-state index contributed by atoms with van der Waals surface area (Å²) < 4.78 is 11.9. The van der Waals surface area contributed by atoms with E-state index < -0.39 is 0 Å². The molecule has 0 unspecified atom stereocenters. The van der Waals surface area contributed by atoms with Crippen LogP contribution in [0.15, 0.2) is 24.8 Å². The van der Waals surface area contributed by atoms with Gasteiger partial charge in [-0.25, -0.2) is 0 Å². The molecule has 5 heteroatoms. The quantitative estimate of drug-likeness (QED) is 0.715. The third kappa shape index (κ3) is 3.20. The van der Waals surface area contributed by atoms with Crippen LogP contribution in [0.4, 0.5) is 0 Å². The van der Waals surface area contributed by atoms with E-state index in [2.05, 4.69) is 6.58 Å². The van der Waals surface area contributed by atoms with Gasteiger partial charge in [0, 0.05) is 29.2 Å². The summed E-state index contributed by atoms with van der Waals surface area (Å²) in [4.78, 5) is 15.5. The molecule has 124 valence electrons. The number of allylic oxidation sites excluding steroid dienone is 1. The summed E-state index contributed by atoms with van der Waals surface area (Å²) in [5.74, 6) is 1.52. The van der Waals surface area contributed by atoms with Crippen LogP contribution in [0.5, 0.6) is 11.5 Å². The van der Waals surface area contributed by atoms with Crippen molar-refractivity contribution in [3.8, 4) is 11.5 Å². The van der Waals surface area contributed by atoms with Gasteiger partial charge < -0.3 is 14.4 Å². The normalized spacial score (nSPS) is 10.6. The minimum Gasteiger partial charge on any atom is -0.497 e. The molecule has 0 spiro atoms. The Balaban J connectivity index is 2.71. The molecule has 1 aromatic carbocycles. The Morgan fingerprint density at radius 1 is 1.26 bits per heavy atom. The number of thiophene rings is 1. The largest absolute Gasteiger partial charge is 0.497 e. The highest BCUT2D eigenvalue weighted by molar-refractivity contribution is 7.21. The van der Waals surface area contributed by atoms with E-state index in [1.807, 2.05) is 37.0 Å². The van der Waals surface area contributed by atoms with Gasteiger partial charge in [-0.1, -0.05) is 6.08 Å². The fourth-order valence-corrected chi connectivity index (χ4v) is 3.92. The van der Waals surface area contributed by atoms with Gasteiger partial charge in [0.1, 0.15) is 11.5 Å². The van der Waals surface area contributed by atoms with Gasteiger partial charge in [0.05, 0.1) is 19.1 Å². The molecule has 4 nitrogen and oxygen atoms in total. The second kappa shape index (κ2) is 7.51. The lowest BCUT2D eigenvalue weighted by Gasteiger charge is -2.18. The third-order valence-corrected chi connectivity index (χ3v) is 5.04. The molecule has 0 atom stereocenters. The molecule has 0 bridgehead atoms. The van der Waals surface area contributed by atoms with E-state index in [1.54, 1.807) is 14.2 Å². The van der Waals surface area contributed by atoms with Crippen LogP contribution < -0.4 is 9.47 Å². The molecule has 0 aliphatic carbocycles. The van der Waals surface area contributed by atoms with E-state index in [0.717, 1.165) is 32.0 Å². The van der Waals surface area contributed by atoms with Crippen molar-refractivity contribution in [2.75, 3.05) is 27.3 Å². The van der Waals surface area contributed by atoms with Crippen LogP contribution in [-0.4, -0.2) is 38.1 Å². The number of nitrogens with zero attached hydrogens (tertiary/aromatic N) is 1. The predicted molar refractivity (Wildman–Crippen MR) is 96.1 cm³/mol. The molecule has 0 aliphatic heterocycles. The zero-order chi connectivity index (χ0) is 17.0. The average molecular weight is 333 g/mol. The summed E-state index contributed by atoms with van der Waals surface area (Å²) in [6.07, 6.45) is 2.45. The number of carbonyl (C=O) groups is 1. The Kier molecular flexibility index (Phi) is 5.66. The Bertz CT molecular complexity index is 717. The number of amides is 1.